The van der Waals surface area contributed by atoms with Crippen LogP contribution >= 0.6 is 0 Å². The third-order valence-electron chi connectivity index (χ3n) is 7.01. The molecule has 3 aliphatic rings. The molecule has 1 aliphatic carbocycles. The van der Waals surface area contributed by atoms with Crippen LogP contribution in [0.2, 0.25) is 0 Å². The topological polar surface area (TPSA) is 64.7 Å². The Morgan fingerprint density at radius 2 is 1.93 bits per heavy atom. The minimum Gasteiger partial charge on any atom is -0.354 e. The van der Waals surface area contributed by atoms with E-state index >= 15 is 0 Å². The number of hydrogen-bond donors (Lipinski definition) is 2. The van der Waals surface area contributed by atoms with Gasteiger partial charge < -0.3 is 20.4 Å². The van der Waals surface area contributed by atoms with Crippen molar-refractivity contribution in [3.05, 3.63) is 35.9 Å². The van der Waals surface area contributed by atoms with Crippen LogP contribution in [-0.2, 0) is 4.79 Å². The number of carbonyl (C=O) groups is 2. The van der Waals surface area contributed by atoms with Crippen LogP contribution in [0.25, 0.3) is 0 Å². The van der Waals surface area contributed by atoms with Gasteiger partial charge in [-0.3, -0.25) is 4.79 Å². The summed E-state index contributed by atoms with van der Waals surface area (Å²) in [6.45, 7) is 5.48. The normalized spacial score (nSPS) is 27.5. The number of piperidine rings is 1. The number of nitrogens with one attached hydrogen (secondary N) is 2. The van der Waals surface area contributed by atoms with E-state index in [1.165, 1.54) is 38.6 Å². The SMILES string of the molecule is CC(NC(=O)N1CCNC(=O)CC1c1ccccc1)C1CCCN(C2CCC2)C1. The van der Waals surface area contributed by atoms with Gasteiger partial charge in [0.25, 0.3) is 0 Å². The number of likely N-dealkylation sites (tertiary alicyclic amines) is 1. The average Bonchev–Trinajstić information content (AvgIpc) is 2.89. The van der Waals surface area contributed by atoms with Crippen LogP contribution in [0.3, 0.4) is 0 Å². The molecule has 0 radical (unpaired) electrons. The number of hydrogen-bond acceptors (Lipinski definition) is 3. The molecular weight excluding hydrogens is 364 g/mol. The van der Waals surface area contributed by atoms with Gasteiger partial charge in [0.1, 0.15) is 0 Å². The molecule has 0 bridgehead atoms. The number of nitrogens with zero attached hydrogens (tertiary/aromatic N) is 2. The molecule has 0 spiro atoms. The summed E-state index contributed by atoms with van der Waals surface area (Å²) < 4.78 is 0. The van der Waals surface area contributed by atoms with Gasteiger partial charge in [-0.25, -0.2) is 4.79 Å². The lowest BCUT2D eigenvalue weighted by atomic mass is 9.85. The van der Waals surface area contributed by atoms with Crippen molar-refractivity contribution in [2.75, 3.05) is 26.2 Å². The zero-order valence-electron chi connectivity index (χ0n) is 17.5. The predicted octanol–water partition coefficient (Wildman–Crippen LogP) is 2.91. The third-order valence-corrected chi connectivity index (χ3v) is 7.01. The molecule has 1 aromatic rings. The van der Waals surface area contributed by atoms with Crippen LogP contribution in [0.15, 0.2) is 30.3 Å². The van der Waals surface area contributed by atoms with Gasteiger partial charge in [-0.15, -0.1) is 0 Å². The van der Waals surface area contributed by atoms with Gasteiger partial charge in [0.05, 0.1) is 12.5 Å². The quantitative estimate of drug-likeness (QED) is 0.820. The number of carbonyl (C=O) groups excluding carboxylic acids is 2. The van der Waals surface area contributed by atoms with E-state index in [2.05, 4.69) is 22.5 Å². The van der Waals surface area contributed by atoms with Gasteiger partial charge in [0, 0.05) is 31.7 Å². The molecule has 3 unspecified atom stereocenters. The van der Waals surface area contributed by atoms with Crippen molar-refractivity contribution in [1.29, 1.82) is 0 Å². The van der Waals surface area contributed by atoms with Crippen molar-refractivity contribution in [2.24, 2.45) is 5.92 Å². The molecule has 3 amide bonds. The molecular formula is C23H34N4O2. The van der Waals surface area contributed by atoms with Crippen LogP contribution < -0.4 is 10.6 Å². The van der Waals surface area contributed by atoms with Crippen LogP contribution in [0.1, 0.15) is 57.1 Å². The van der Waals surface area contributed by atoms with Crippen LogP contribution in [0, 0.1) is 5.92 Å². The van der Waals surface area contributed by atoms with E-state index in [1.807, 2.05) is 35.2 Å². The first-order valence-electron chi connectivity index (χ1n) is 11.2. The third kappa shape index (κ3) is 4.74. The Balaban J connectivity index is 1.41. The monoisotopic (exact) mass is 398 g/mol. The van der Waals surface area contributed by atoms with E-state index in [1.54, 1.807) is 0 Å². The highest BCUT2D eigenvalue weighted by Crippen LogP contribution is 2.30. The Morgan fingerprint density at radius 1 is 1.14 bits per heavy atom. The number of urea groups is 1. The lowest BCUT2D eigenvalue weighted by Gasteiger charge is -2.44. The molecule has 0 aromatic heterocycles. The Hall–Kier alpha value is -2.08. The summed E-state index contributed by atoms with van der Waals surface area (Å²) in [5.74, 6) is 0.501. The molecule has 158 valence electrons. The first kappa shape index (κ1) is 20.2. The molecule has 4 rings (SSSR count). The maximum Gasteiger partial charge on any atom is 0.318 e. The van der Waals surface area contributed by atoms with Crippen molar-refractivity contribution in [1.82, 2.24) is 20.4 Å². The minimum absolute atomic E-state index is 0.00521. The van der Waals surface area contributed by atoms with Crippen molar-refractivity contribution >= 4 is 11.9 Å². The lowest BCUT2D eigenvalue weighted by Crippen LogP contribution is -2.53. The number of amides is 3. The predicted molar refractivity (Wildman–Crippen MR) is 113 cm³/mol. The van der Waals surface area contributed by atoms with E-state index in [9.17, 15) is 9.59 Å². The van der Waals surface area contributed by atoms with Gasteiger partial charge >= 0.3 is 6.03 Å². The Kier molecular flexibility index (Phi) is 6.38. The second kappa shape index (κ2) is 9.16. The number of benzene rings is 1. The fraction of sp³-hybridized carbons (Fsp3) is 0.652. The Morgan fingerprint density at radius 3 is 2.66 bits per heavy atom. The summed E-state index contributed by atoms with van der Waals surface area (Å²) in [5.41, 5.74) is 1.01. The van der Waals surface area contributed by atoms with Crippen LogP contribution in [0.5, 0.6) is 0 Å². The highest BCUT2D eigenvalue weighted by molar-refractivity contribution is 5.80. The van der Waals surface area contributed by atoms with E-state index < -0.39 is 0 Å². The summed E-state index contributed by atoms with van der Waals surface area (Å²) in [5, 5.41) is 6.19. The van der Waals surface area contributed by atoms with Crippen molar-refractivity contribution < 1.29 is 9.59 Å². The van der Waals surface area contributed by atoms with E-state index in [0.29, 0.717) is 25.4 Å². The zero-order valence-corrected chi connectivity index (χ0v) is 17.5. The maximum atomic E-state index is 13.2. The van der Waals surface area contributed by atoms with Crippen molar-refractivity contribution in [2.45, 2.75) is 63.6 Å². The summed E-state index contributed by atoms with van der Waals surface area (Å²) in [4.78, 5) is 29.9. The van der Waals surface area contributed by atoms with Crippen LogP contribution in [-0.4, -0.2) is 60.0 Å². The first-order valence-corrected chi connectivity index (χ1v) is 11.2. The standard InChI is InChI=1S/C23H34N4O2/c1-17(19-9-6-13-26(16-19)20-10-5-11-20)25-23(29)27-14-12-24-22(28)15-21(27)18-7-3-2-4-8-18/h2-4,7-8,17,19-21H,5-6,9-16H2,1H3,(H,24,28)(H,25,29). The first-order chi connectivity index (χ1) is 14.1. The molecule has 2 saturated heterocycles. The molecule has 2 N–H and O–H groups in total. The van der Waals surface area contributed by atoms with Crippen LogP contribution in [0.4, 0.5) is 4.79 Å². The molecule has 2 heterocycles. The second-order valence-corrected chi connectivity index (χ2v) is 8.89. The van der Waals surface area contributed by atoms with Gasteiger partial charge in [0.15, 0.2) is 0 Å². The lowest BCUT2D eigenvalue weighted by molar-refractivity contribution is -0.121. The summed E-state index contributed by atoms with van der Waals surface area (Å²) >= 11 is 0. The van der Waals surface area contributed by atoms with Gasteiger partial charge in [0.2, 0.25) is 5.91 Å². The molecule has 2 aliphatic heterocycles. The smallest absolute Gasteiger partial charge is 0.318 e. The molecule has 3 fully saturated rings. The van der Waals surface area contributed by atoms with Gasteiger partial charge in [-0.1, -0.05) is 36.8 Å². The highest BCUT2D eigenvalue weighted by Gasteiger charge is 2.34. The largest absolute Gasteiger partial charge is 0.354 e. The fourth-order valence-corrected chi connectivity index (χ4v) is 4.97. The Labute approximate surface area is 174 Å². The molecule has 1 aromatic carbocycles. The minimum atomic E-state index is -0.219. The van der Waals surface area contributed by atoms with E-state index in [0.717, 1.165) is 18.2 Å². The molecule has 29 heavy (non-hydrogen) atoms. The summed E-state index contributed by atoms with van der Waals surface area (Å²) in [7, 11) is 0. The average molecular weight is 399 g/mol. The fourth-order valence-electron chi connectivity index (χ4n) is 4.97. The van der Waals surface area contributed by atoms with Crippen molar-refractivity contribution in [3.63, 3.8) is 0 Å². The molecule has 6 nitrogen and oxygen atoms in total. The van der Waals surface area contributed by atoms with Gasteiger partial charge in [-0.05, 0) is 50.6 Å². The van der Waals surface area contributed by atoms with Gasteiger partial charge in [-0.2, -0.15) is 0 Å². The highest BCUT2D eigenvalue weighted by atomic mass is 16.2. The van der Waals surface area contributed by atoms with E-state index in [-0.39, 0.29) is 24.0 Å². The maximum absolute atomic E-state index is 13.2. The Bertz CT molecular complexity index is 706. The molecule has 6 heteroatoms. The van der Waals surface area contributed by atoms with Crippen molar-refractivity contribution in [3.8, 4) is 0 Å². The second-order valence-electron chi connectivity index (χ2n) is 8.89. The summed E-state index contributed by atoms with van der Waals surface area (Å²) in [6.07, 6.45) is 6.73. The summed E-state index contributed by atoms with van der Waals surface area (Å²) in [6, 6.07) is 10.5. The molecule has 1 saturated carbocycles. The number of rotatable bonds is 4. The zero-order chi connectivity index (χ0) is 20.2. The van der Waals surface area contributed by atoms with E-state index in [4.69, 9.17) is 0 Å². The molecule has 3 atom stereocenters.